The van der Waals surface area contributed by atoms with E-state index in [1.54, 1.807) is 29.2 Å². The summed E-state index contributed by atoms with van der Waals surface area (Å²) in [6.07, 6.45) is 1.84. The molecule has 0 radical (unpaired) electrons. The first kappa shape index (κ1) is 20.4. The maximum Gasteiger partial charge on any atom is 0.256 e. The average Bonchev–Trinajstić information content (AvgIpc) is 3.11. The molecule has 0 unspecified atom stereocenters. The van der Waals surface area contributed by atoms with Gasteiger partial charge in [0.1, 0.15) is 5.75 Å². The summed E-state index contributed by atoms with van der Waals surface area (Å²) in [6, 6.07) is 14.2. The van der Waals surface area contributed by atoms with E-state index in [9.17, 15) is 13.2 Å². The number of carbonyl (C=O) groups is 1. The topological polar surface area (TPSA) is 71.9 Å². The van der Waals surface area contributed by atoms with E-state index in [0.29, 0.717) is 31.0 Å². The molecule has 1 aliphatic rings. The van der Waals surface area contributed by atoms with Gasteiger partial charge in [-0.2, -0.15) is 4.31 Å². The van der Waals surface area contributed by atoms with Crippen molar-refractivity contribution in [3.63, 3.8) is 0 Å². The van der Waals surface area contributed by atoms with Gasteiger partial charge < -0.3 is 14.2 Å². The average molecular weight is 428 g/mol. The fraction of sp³-hybridized carbons (Fsp3) is 0.318. The van der Waals surface area contributed by atoms with Gasteiger partial charge in [-0.15, -0.1) is 0 Å². The van der Waals surface area contributed by atoms with Crippen LogP contribution in [0.25, 0.3) is 10.9 Å². The van der Waals surface area contributed by atoms with Crippen LogP contribution in [0.4, 0.5) is 0 Å². The molecule has 0 N–H and O–H groups in total. The second kappa shape index (κ2) is 8.12. The maximum atomic E-state index is 13.1. The number of carbonyl (C=O) groups excluding carboxylic acids is 1. The molecule has 30 heavy (non-hydrogen) atoms. The number of hydrogen-bond acceptors (Lipinski definition) is 4. The Hall–Kier alpha value is -2.84. The Bertz CT molecular complexity index is 1160. The number of amides is 1. The van der Waals surface area contributed by atoms with Crippen molar-refractivity contribution >= 4 is 26.8 Å². The van der Waals surface area contributed by atoms with Crippen LogP contribution in [0.5, 0.6) is 5.75 Å². The maximum absolute atomic E-state index is 13.1. The van der Waals surface area contributed by atoms with Gasteiger partial charge in [0.05, 0.1) is 17.1 Å². The van der Waals surface area contributed by atoms with Crippen molar-refractivity contribution in [2.75, 3.05) is 32.8 Å². The van der Waals surface area contributed by atoms with E-state index in [4.69, 9.17) is 4.74 Å². The van der Waals surface area contributed by atoms with Crippen molar-refractivity contribution in [2.45, 2.75) is 11.8 Å². The molecule has 0 saturated carbocycles. The molecule has 2 aromatic carbocycles. The molecule has 158 valence electrons. The fourth-order valence-corrected chi connectivity index (χ4v) is 5.26. The molecule has 0 bridgehead atoms. The van der Waals surface area contributed by atoms with Crippen molar-refractivity contribution in [3.05, 3.63) is 60.3 Å². The van der Waals surface area contributed by atoms with Crippen molar-refractivity contribution in [3.8, 4) is 5.75 Å². The molecular formula is C22H25N3O4S. The number of sulfonamides is 1. The highest BCUT2D eigenvalue weighted by atomic mass is 32.2. The standard InChI is InChI=1S/C22H25N3O4S/c1-3-29-17-8-10-18(11-9-17)30(27,28)25-14-12-24(13-15-25)22(26)20-16-23(2)21-7-5-4-6-19(20)21/h4-11,16H,3,12-15H2,1-2H3. The summed E-state index contributed by atoms with van der Waals surface area (Å²) in [5.74, 6) is 0.576. The number of aryl methyl sites for hydroxylation is 1. The second-order valence-electron chi connectivity index (χ2n) is 7.27. The predicted molar refractivity (Wildman–Crippen MR) is 115 cm³/mol. The van der Waals surface area contributed by atoms with E-state index in [2.05, 4.69) is 0 Å². The number of ether oxygens (including phenoxy) is 1. The molecule has 1 saturated heterocycles. The van der Waals surface area contributed by atoms with Gasteiger partial charge in [0.25, 0.3) is 5.91 Å². The summed E-state index contributed by atoms with van der Waals surface area (Å²) in [5, 5.41) is 0.912. The number of para-hydroxylation sites is 1. The third kappa shape index (κ3) is 3.68. The zero-order valence-electron chi connectivity index (χ0n) is 17.1. The lowest BCUT2D eigenvalue weighted by Crippen LogP contribution is -2.50. The molecule has 4 rings (SSSR count). The molecule has 1 aromatic heterocycles. The highest BCUT2D eigenvalue weighted by Crippen LogP contribution is 2.24. The first-order chi connectivity index (χ1) is 14.4. The highest BCUT2D eigenvalue weighted by molar-refractivity contribution is 7.89. The summed E-state index contributed by atoms with van der Waals surface area (Å²) < 4.78 is 34.7. The number of benzene rings is 2. The minimum atomic E-state index is -3.60. The van der Waals surface area contributed by atoms with Gasteiger partial charge in [0.2, 0.25) is 10.0 Å². The van der Waals surface area contributed by atoms with Gasteiger partial charge in [-0.25, -0.2) is 8.42 Å². The lowest BCUT2D eigenvalue weighted by Gasteiger charge is -2.34. The number of rotatable bonds is 5. The zero-order valence-corrected chi connectivity index (χ0v) is 17.9. The van der Waals surface area contributed by atoms with Crippen LogP contribution in [0.2, 0.25) is 0 Å². The Morgan fingerprint density at radius 2 is 1.67 bits per heavy atom. The van der Waals surface area contributed by atoms with Gasteiger partial charge in [-0.05, 0) is 37.3 Å². The van der Waals surface area contributed by atoms with Crippen molar-refractivity contribution < 1.29 is 17.9 Å². The largest absolute Gasteiger partial charge is 0.494 e. The van der Waals surface area contributed by atoms with Crippen LogP contribution in [-0.2, 0) is 17.1 Å². The third-order valence-corrected chi connectivity index (χ3v) is 7.34. The summed E-state index contributed by atoms with van der Waals surface area (Å²) in [7, 11) is -1.69. The molecule has 1 aliphatic heterocycles. The van der Waals surface area contributed by atoms with Gasteiger partial charge >= 0.3 is 0 Å². The van der Waals surface area contributed by atoms with Crippen LogP contribution in [0.1, 0.15) is 17.3 Å². The number of aromatic nitrogens is 1. The Balaban J connectivity index is 1.47. The molecule has 1 amide bonds. The van der Waals surface area contributed by atoms with Crippen molar-refractivity contribution in [1.29, 1.82) is 0 Å². The number of piperazine rings is 1. The van der Waals surface area contributed by atoms with Crippen LogP contribution in [0.15, 0.2) is 59.6 Å². The van der Waals surface area contributed by atoms with E-state index in [-0.39, 0.29) is 23.9 Å². The summed E-state index contributed by atoms with van der Waals surface area (Å²) in [6.45, 7) is 3.66. The van der Waals surface area contributed by atoms with Gasteiger partial charge in [0.15, 0.2) is 0 Å². The quantitative estimate of drug-likeness (QED) is 0.628. The molecule has 3 aromatic rings. The lowest BCUT2D eigenvalue weighted by molar-refractivity contribution is 0.0699. The molecule has 1 fully saturated rings. The van der Waals surface area contributed by atoms with Crippen molar-refractivity contribution in [1.82, 2.24) is 13.8 Å². The fourth-order valence-electron chi connectivity index (χ4n) is 3.84. The predicted octanol–water partition coefficient (Wildman–Crippen LogP) is 2.72. The Morgan fingerprint density at radius 1 is 1.00 bits per heavy atom. The van der Waals surface area contributed by atoms with Crippen LogP contribution < -0.4 is 4.74 Å². The molecule has 7 nitrogen and oxygen atoms in total. The third-order valence-electron chi connectivity index (χ3n) is 5.43. The number of hydrogen-bond donors (Lipinski definition) is 0. The van der Waals surface area contributed by atoms with E-state index >= 15 is 0 Å². The molecule has 0 atom stereocenters. The van der Waals surface area contributed by atoms with Crippen LogP contribution in [-0.4, -0.2) is 60.9 Å². The first-order valence-corrected chi connectivity index (χ1v) is 11.4. The second-order valence-corrected chi connectivity index (χ2v) is 9.21. The monoisotopic (exact) mass is 427 g/mol. The lowest BCUT2D eigenvalue weighted by atomic mass is 10.1. The zero-order chi connectivity index (χ0) is 21.3. The van der Waals surface area contributed by atoms with Crippen molar-refractivity contribution in [2.24, 2.45) is 7.05 Å². The minimum absolute atomic E-state index is 0.0649. The van der Waals surface area contributed by atoms with Gasteiger partial charge in [0, 0.05) is 50.3 Å². The highest BCUT2D eigenvalue weighted by Gasteiger charge is 2.31. The van der Waals surface area contributed by atoms with E-state index in [1.165, 1.54) is 4.31 Å². The smallest absolute Gasteiger partial charge is 0.256 e. The first-order valence-electron chi connectivity index (χ1n) is 9.98. The van der Waals surface area contributed by atoms with E-state index < -0.39 is 10.0 Å². The molecule has 8 heteroatoms. The number of fused-ring (bicyclic) bond motifs is 1. The normalized spacial score (nSPS) is 15.5. The minimum Gasteiger partial charge on any atom is -0.494 e. The molecule has 0 aliphatic carbocycles. The van der Waals surface area contributed by atoms with Crippen LogP contribution in [0, 0.1) is 0 Å². The Labute approximate surface area is 176 Å². The Kier molecular flexibility index (Phi) is 5.53. The van der Waals surface area contributed by atoms with Crippen LogP contribution >= 0.6 is 0 Å². The summed E-state index contributed by atoms with van der Waals surface area (Å²) in [4.78, 5) is 15.0. The summed E-state index contributed by atoms with van der Waals surface area (Å²) >= 11 is 0. The molecular weight excluding hydrogens is 402 g/mol. The SMILES string of the molecule is CCOc1ccc(S(=O)(=O)N2CCN(C(=O)c3cn(C)c4ccccc34)CC2)cc1. The van der Waals surface area contributed by atoms with E-state index in [0.717, 1.165) is 10.9 Å². The Morgan fingerprint density at radius 3 is 2.33 bits per heavy atom. The molecule has 2 heterocycles. The van der Waals surface area contributed by atoms with E-state index in [1.807, 2.05) is 49.0 Å². The van der Waals surface area contributed by atoms with Crippen LogP contribution in [0.3, 0.4) is 0 Å². The van der Waals surface area contributed by atoms with Gasteiger partial charge in [-0.3, -0.25) is 4.79 Å². The number of nitrogens with zero attached hydrogens (tertiary/aromatic N) is 3. The van der Waals surface area contributed by atoms with Gasteiger partial charge in [-0.1, -0.05) is 18.2 Å². The molecule has 0 spiro atoms. The summed E-state index contributed by atoms with van der Waals surface area (Å²) in [5.41, 5.74) is 1.65.